The summed E-state index contributed by atoms with van der Waals surface area (Å²) in [6, 6.07) is 20.6. The SMILES string of the molecule is CCCCCCCCCCCCCCCCCCc1cccc2oc(C=CC=C3Nc4ccccc4O3)[n+](CCCCCCCCCCCCCCCCCC)c12.Cc1ccc(S(=O)(=O)[O-])cc1. The Bertz CT molecular complexity index is 2060. The summed E-state index contributed by atoms with van der Waals surface area (Å²) in [5, 5.41) is 3.37. The zero-order valence-corrected chi connectivity index (χ0v) is 43.8. The molecule has 4 aromatic rings. The predicted octanol–water partition coefficient (Wildman–Crippen LogP) is 18.0. The number of unbranched alkanes of at least 4 members (excludes halogenated alkanes) is 30. The number of aromatic nitrogens is 1. The van der Waals surface area contributed by atoms with E-state index in [1.165, 1.54) is 229 Å². The molecule has 0 fully saturated rings. The molecule has 0 saturated heterocycles. The van der Waals surface area contributed by atoms with Crippen molar-refractivity contribution in [3.05, 3.63) is 102 Å². The molecule has 5 rings (SSSR count). The van der Waals surface area contributed by atoms with Crippen LogP contribution in [0.5, 0.6) is 5.75 Å². The van der Waals surface area contributed by atoms with Gasteiger partial charge in [-0.05, 0) is 68.7 Å². The van der Waals surface area contributed by atoms with Gasteiger partial charge in [-0.15, -0.1) is 0 Å². The van der Waals surface area contributed by atoms with Gasteiger partial charge in [-0.25, -0.2) is 8.42 Å². The number of nitrogens with zero attached hydrogens (tertiary/aromatic N) is 1. The van der Waals surface area contributed by atoms with E-state index in [0.29, 0.717) is 0 Å². The van der Waals surface area contributed by atoms with Crippen LogP contribution < -0.4 is 14.6 Å². The number of ether oxygens (including phenoxy) is 1. The van der Waals surface area contributed by atoms with E-state index in [9.17, 15) is 13.0 Å². The maximum Gasteiger partial charge on any atom is 0.374 e. The first-order valence-corrected chi connectivity index (χ1v) is 29.1. The lowest BCUT2D eigenvalue weighted by Gasteiger charge is -2.05. The highest BCUT2D eigenvalue weighted by molar-refractivity contribution is 7.85. The molecule has 378 valence electrons. The number of aryl methyl sites for hydroxylation is 3. The van der Waals surface area contributed by atoms with Gasteiger partial charge in [0.2, 0.25) is 5.58 Å². The first-order chi connectivity index (χ1) is 33.3. The standard InChI is InChI=1S/C53H84N2O2.C7H8O3S/c1-3-5-7-9-11-13-15-17-19-21-23-25-27-29-31-33-39-47-40-37-43-50-53(47)55(52(57-50)45-38-44-51-54-48-41-34-35-42-49(48)56-51)46-36-32-30-28-26-24-22-20-18-16-14-12-10-8-6-4-2;1-6-2-4-7(5-3-6)11(8,9)10/h34-35,37-38,40-45H,3-33,36,39,46H2,1-2H3;2-5H,1H3,(H,8,9,10). The number of allylic oxidation sites excluding steroid dienone is 2. The Kier molecular flexibility index (Phi) is 29.4. The first-order valence-electron chi connectivity index (χ1n) is 27.7. The summed E-state index contributed by atoms with van der Waals surface area (Å²) in [4.78, 5) is -0.178. The summed E-state index contributed by atoms with van der Waals surface area (Å²) in [5.74, 6) is 2.55. The van der Waals surface area contributed by atoms with Gasteiger partial charge in [-0.3, -0.25) is 0 Å². The second-order valence-corrected chi connectivity index (χ2v) is 21.0. The van der Waals surface area contributed by atoms with Gasteiger partial charge in [0.15, 0.2) is 18.2 Å². The van der Waals surface area contributed by atoms with E-state index in [0.717, 1.165) is 47.3 Å². The van der Waals surface area contributed by atoms with Gasteiger partial charge in [0.1, 0.15) is 10.1 Å². The zero-order chi connectivity index (χ0) is 48.3. The fraction of sp³-hybridized carbons (Fsp3) is 0.617. The van der Waals surface area contributed by atoms with Crippen LogP contribution in [0.2, 0.25) is 0 Å². The van der Waals surface area contributed by atoms with Crippen molar-refractivity contribution in [3.63, 3.8) is 0 Å². The van der Waals surface area contributed by atoms with E-state index in [2.05, 4.69) is 54.1 Å². The second-order valence-electron chi connectivity index (χ2n) is 19.6. The fourth-order valence-electron chi connectivity index (χ4n) is 9.40. The molecule has 0 unspecified atom stereocenters. The van der Waals surface area contributed by atoms with Crippen molar-refractivity contribution >= 4 is 33.0 Å². The average molecular weight is 953 g/mol. The van der Waals surface area contributed by atoms with E-state index < -0.39 is 10.1 Å². The van der Waals surface area contributed by atoms with Crippen molar-refractivity contribution in [1.29, 1.82) is 0 Å². The molecule has 0 amide bonds. The third kappa shape index (κ3) is 23.6. The lowest BCUT2D eigenvalue weighted by molar-refractivity contribution is -0.678. The van der Waals surface area contributed by atoms with Gasteiger partial charge >= 0.3 is 5.89 Å². The number of benzene rings is 3. The maximum absolute atomic E-state index is 10.4. The number of nitrogens with one attached hydrogen (secondary N) is 1. The molecule has 0 bridgehead atoms. The topological polar surface area (TPSA) is 95.5 Å². The van der Waals surface area contributed by atoms with Gasteiger partial charge in [-0.1, -0.05) is 242 Å². The molecule has 0 aliphatic carbocycles. The molecule has 0 atom stereocenters. The molecule has 0 saturated carbocycles. The molecule has 8 heteroatoms. The van der Waals surface area contributed by atoms with Gasteiger partial charge in [0.25, 0.3) is 5.52 Å². The summed E-state index contributed by atoms with van der Waals surface area (Å²) in [5.41, 5.74) is 5.69. The average Bonchev–Trinajstić information content (AvgIpc) is 3.92. The van der Waals surface area contributed by atoms with Crippen molar-refractivity contribution in [2.45, 2.75) is 244 Å². The van der Waals surface area contributed by atoms with Crippen LogP contribution in [0.1, 0.15) is 236 Å². The number of fused-ring (bicyclic) bond motifs is 2. The van der Waals surface area contributed by atoms with Crippen LogP contribution in [-0.4, -0.2) is 13.0 Å². The molecule has 3 aromatic carbocycles. The van der Waals surface area contributed by atoms with Gasteiger partial charge in [0, 0.05) is 12.0 Å². The van der Waals surface area contributed by atoms with Gasteiger partial charge in [-0.2, -0.15) is 4.57 Å². The summed E-state index contributed by atoms with van der Waals surface area (Å²) in [7, 11) is -4.27. The lowest BCUT2D eigenvalue weighted by atomic mass is 10.0. The van der Waals surface area contributed by atoms with Crippen LogP contribution in [-0.2, 0) is 23.1 Å². The Hall–Kier alpha value is -3.88. The van der Waals surface area contributed by atoms with Crippen LogP contribution in [0.15, 0.2) is 94.1 Å². The molecule has 7 nitrogen and oxygen atoms in total. The molecule has 2 heterocycles. The molecule has 0 spiro atoms. The second kappa shape index (κ2) is 35.3. The number of rotatable bonds is 37. The number of oxazole rings is 1. The van der Waals surface area contributed by atoms with E-state index in [-0.39, 0.29) is 4.90 Å². The van der Waals surface area contributed by atoms with Gasteiger partial charge < -0.3 is 19.0 Å². The van der Waals surface area contributed by atoms with Crippen molar-refractivity contribution in [2.24, 2.45) is 0 Å². The smallest absolute Gasteiger partial charge is 0.374 e. The summed E-state index contributed by atoms with van der Waals surface area (Å²) < 4.78 is 46.2. The Balaban J connectivity index is 0.000000802. The molecule has 68 heavy (non-hydrogen) atoms. The molecular weight excluding hydrogens is 861 g/mol. The summed E-state index contributed by atoms with van der Waals surface area (Å²) in [6.45, 7) is 7.43. The number of para-hydroxylation sites is 3. The zero-order valence-electron chi connectivity index (χ0n) is 43.0. The Labute approximate surface area is 414 Å². The largest absolute Gasteiger partial charge is 0.744 e. The van der Waals surface area contributed by atoms with E-state index in [1.54, 1.807) is 12.1 Å². The van der Waals surface area contributed by atoms with Crippen molar-refractivity contribution < 1.29 is 26.7 Å². The first kappa shape index (κ1) is 56.7. The van der Waals surface area contributed by atoms with Crippen LogP contribution >= 0.6 is 0 Å². The minimum Gasteiger partial charge on any atom is -0.744 e. The third-order valence-electron chi connectivity index (χ3n) is 13.5. The van der Waals surface area contributed by atoms with Crippen molar-refractivity contribution in [1.82, 2.24) is 0 Å². The van der Waals surface area contributed by atoms with Crippen LogP contribution in [0.4, 0.5) is 5.69 Å². The van der Waals surface area contributed by atoms with Crippen molar-refractivity contribution in [2.75, 3.05) is 5.32 Å². The lowest BCUT2D eigenvalue weighted by Crippen LogP contribution is -2.36. The Morgan fingerprint density at radius 2 is 1.03 bits per heavy atom. The highest BCUT2D eigenvalue weighted by Gasteiger charge is 2.23. The molecule has 0 radical (unpaired) electrons. The number of anilines is 1. The Morgan fingerprint density at radius 3 is 1.51 bits per heavy atom. The quantitative estimate of drug-likeness (QED) is 0.0275. The molecule has 1 aliphatic heterocycles. The van der Waals surface area contributed by atoms with E-state index in [4.69, 9.17) is 9.15 Å². The number of hydrogen-bond acceptors (Lipinski definition) is 6. The molecule has 1 N–H and O–H groups in total. The molecular formula is C60H92N2O5S. The molecule has 1 aromatic heterocycles. The predicted molar refractivity (Wildman–Crippen MR) is 286 cm³/mol. The highest BCUT2D eigenvalue weighted by atomic mass is 32.2. The Morgan fingerprint density at radius 1 is 0.559 bits per heavy atom. The number of hydrogen-bond donors (Lipinski definition) is 1. The normalized spacial score (nSPS) is 13.0. The van der Waals surface area contributed by atoms with Crippen LogP contribution in [0.3, 0.4) is 0 Å². The summed E-state index contributed by atoms with van der Waals surface area (Å²) in [6.07, 6.45) is 52.1. The van der Waals surface area contributed by atoms with Crippen LogP contribution in [0.25, 0.3) is 17.2 Å². The highest BCUT2D eigenvalue weighted by Crippen LogP contribution is 2.32. The minimum absolute atomic E-state index is 0.178. The summed E-state index contributed by atoms with van der Waals surface area (Å²) >= 11 is 0. The van der Waals surface area contributed by atoms with Crippen molar-refractivity contribution in [3.8, 4) is 5.75 Å². The minimum atomic E-state index is -4.27. The van der Waals surface area contributed by atoms with E-state index in [1.807, 2.05) is 37.3 Å². The molecule has 1 aliphatic rings. The van der Waals surface area contributed by atoms with Gasteiger partial charge in [0.05, 0.1) is 16.7 Å². The third-order valence-corrected chi connectivity index (χ3v) is 14.4. The monoisotopic (exact) mass is 953 g/mol. The fourth-order valence-corrected chi connectivity index (χ4v) is 9.87. The van der Waals surface area contributed by atoms with E-state index >= 15 is 0 Å². The van der Waals surface area contributed by atoms with Crippen LogP contribution in [0, 0.1) is 6.92 Å². The maximum atomic E-state index is 10.4.